The molecule has 0 radical (unpaired) electrons. The van der Waals surface area contributed by atoms with Crippen molar-refractivity contribution in [2.75, 3.05) is 0 Å². The van der Waals surface area contributed by atoms with E-state index >= 15 is 0 Å². The predicted octanol–water partition coefficient (Wildman–Crippen LogP) is 12.4. The number of para-hydroxylation sites is 6. The average Bonchev–Trinajstić information content (AvgIpc) is 4.01. The van der Waals surface area contributed by atoms with Gasteiger partial charge in [-0.15, -0.1) is 0 Å². The van der Waals surface area contributed by atoms with Crippen LogP contribution in [0.4, 0.5) is 0 Å². The van der Waals surface area contributed by atoms with Crippen LogP contribution in [-0.4, -0.2) is 21.8 Å². The van der Waals surface area contributed by atoms with Gasteiger partial charge < -0.3 is 13.7 Å². The largest absolute Gasteiger partial charge is 0.307 e. The highest BCUT2D eigenvalue weighted by molar-refractivity contribution is 7.20. The Labute approximate surface area is 372 Å². The smallest absolute Gasteiger partial charge is 0.179 e. The summed E-state index contributed by atoms with van der Waals surface area (Å²) >= 11 is 0. The van der Waals surface area contributed by atoms with Crippen LogP contribution in [0.1, 0.15) is 0 Å². The minimum Gasteiger partial charge on any atom is -0.307 e. The van der Waals surface area contributed by atoms with Gasteiger partial charge in [0.2, 0.25) is 0 Å². The molecule has 0 amide bonds. The van der Waals surface area contributed by atoms with Crippen LogP contribution in [0.25, 0.3) is 82.5 Å². The number of fused-ring (bicyclic) bond motifs is 9. The second kappa shape index (κ2) is 14.5. The molecule has 0 spiro atoms. The highest BCUT2D eigenvalue weighted by Crippen LogP contribution is 2.43. The van der Waals surface area contributed by atoms with E-state index in [2.05, 4.69) is 262 Å². The first kappa shape index (κ1) is 36.5. The predicted molar refractivity (Wildman–Crippen MR) is 273 cm³/mol. The van der Waals surface area contributed by atoms with Gasteiger partial charge in [-0.25, -0.2) is 0 Å². The monoisotopic (exact) mass is 831 g/mol. The molecule has 0 aliphatic rings. The lowest BCUT2D eigenvalue weighted by atomic mass is 10.1. The summed E-state index contributed by atoms with van der Waals surface area (Å²) in [6.45, 7) is 0. The van der Waals surface area contributed by atoms with E-state index in [9.17, 15) is 0 Å². The summed E-state index contributed by atoms with van der Waals surface area (Å²) in [7, 11) is -2.84. The summed E-state index contributed by atoms with van der Waals surface area (Å²) in [4.78, 5) is 0. The van der Waals surface area contributed by atoms with Crippen molar-refractivity contribution in [1.82, 2.24) is 13.7 Å². The molecule has 0 atom stereocenters. The summed E-state index contributed by atoms with van der Waals surface area (Å²) < 4.78 is 7.55. The van der Waals surface area contributed by atoms with Gasteiger partial charge in [0.25, 0.3) is 0 Å². The molecule has 0 bridgehead atoms. The standard InChI is InChI=1S/C60H41N3Si/c1-5-21-42(22-6-1)61-59-51(32-19-37-56(59)62-53-34-16-13-29-47(53)48-30-14-17-35-54(48)62)52-33-20-38-57(60(52)61)63-55-36-18-15-31-49(55)50-40-39-46(41-58(50)63)64(43-23-7-2-8-24-43,44-25-9-3-10-26-44)45-27-11-4-12-28-45/h1-41H. The molecule has 0 fully saturated rings. The first-order valence-corrected chi connectivity index (χ1v) is 24.1. The van der Waals surface area contributed by atoms with Gasteiger partial charge in [0.05, 0.1) is 44.5 Å². The molecule has 0 saturated carbocycles. The summed E-state index contributed by atoms with van der Waals surface area (Å²) in [6, 6.07) is 92.3. The van der Waals surface area contributed by atoms with Crippen molar-refractivity contribution in [3.8, 4) is 17.1 Å². The topological polar surface area (TPSA) is 14.8 Å². The van der Waals surface area contributed by atoms with Gasteiger partial charge in [0.1, 0.15) is 0 Å². The van der Waals surface area contributed by atoms with Crippen LogP contribution in [0.2, 0.25) is 0 Å². The van der Waals surface area contributed by atoms with Gasteiger partial charge in [0, 0.05) is 38.0 Å². The molecule has 13 aromatic rings. The first-order valence-electron chi connectivity index (χ1n) is 22.1. The summed E-state index contributed by atoms with van der Waals surface area (Å²) in [5.41, 5.74) is 10.5. The van der Waals surface area contributed by atoms with Crippen molar-refractivity contribution in [3.05, 3.63) is 249 Å². The van der Waals surface area contributed by atoms with E-state index in [-0.39, 0.29) is 0 Å². The molecule has 64 heavy (non-hydrogen) atoms. The molecule has 3 aromatic heterocycles. The van der Waals surface area contributed by atoms with Crippen molar-refractivity contribution >= 4 is 94.2 Å². The van der Waals surface area contributed by atoms with Gasteiger partial charge in [-0.05, 0) is 69.3 Å². The van der Waals surface area contributed by atoms with Crippen molar-refractivity contribution < 1.29 is 0 Å². The second-order valence-corrected chi connectivity index (χ2v) is 20.6. The summed E-state index contributed by atoms with van der Waals surface area (Å²) in [5.74, 6) is 0. The fraction of sp³-hybridized carbons (Fsp3) is 0. The molecule has 4 heteroatoms. The number of aromatic nitrogens is 3. The molecule has 13 rings (SSSR count). The van der Waals surface area contributed by atoms with Crippen LogP contribution in [0.3, 0.4) is 0 Å². The van der Waals surface area contributed by atoms with E-state index in [1.54, 1.807) is 0 Å². The van der Waals surface area contributed by atoms with Crippen molar-refractivity contribution in [3.63, 3.8) is 0 Å². The van der Waals surface area contributed by atoms with Gasteiger partial charge >= 0.3 is 0 Å². The Morgan fingerprint density at radius 1 is 0.234 bits per heavy atom. The molecule has 0 N–H and O–H groups in total. The van der Waals surface area contributed by atoms with E-state index in [1.165, 1.54) is 86.2 Å². The second-order valence-electron chi connectivity index (χ2n) is 16.8. The number of nitrogens with zero attached hydrogens (tertiary/aromatic N) is 3. The lowest BCUT2D eigenvalue weighted by Crippen LogP contribution is -2.74. The maximum Gasteiger partial charge on any atom is 0.179 e. The zero-order valence-electron chi connectivity index (χ0n) is 35.0. The third-order valence-electron chi connectivity index (χ3n) is 13.6. The number of hydrogen-bond acceptors (Lipinski definition) is 0. The summed E-state index contributed by atoms with van der Waals surface area (Å²) in [5, 5.41) is 12.8. The van der Waals surface area contributed by atoms with Crippen molar-refractivity contribution in [2.45, 2.75) is 0 Å². The van der Waals surface area contributed by atoms with Crippen LogP contribution in [0.15, 0.2) is 249 Å². The zero-order valence-corrected chi connectivity index (χ0v) is 36.0. The Morgan fingerprint density at radius 3 is 1.05 bits per heavy atom. The lowest BCUT2D eigenvalue weighted by Gasteiger charge is -2.34. The molecule has 0 aliphatic heterocycles. The number of rotatable bonds is 7. The maximum absolute atomic E-state index is 2.84. The Hall–Kier alpha value is -8.18. The van der Waals surface area contributed by atoms with Crippen LogP contribution in [0, 0.1) is 0 Å². The molecule has 0 aliphatic carbocycles. The van der Waals surface area contributed by atoms with E-state index in [0.29, 0.717) is 0 Å². The minimum absolute atomic E-state index is 1.12. The normalized spacial score (nSPS) is 12.1. The fourth-order valence-corrected chi connectivity index (χ4v) is 15.7. The highest BCUT2D eigenvalue weighted by atomic mass is 28.3. The van der Waals surface area contributed by atoms with Gasteiger partial charge in [-0.1, -0.05) is 200 Å². The van der Waals surface area contributed by atoms with Crippen LogP contribution in [-0.2, 0) is 0 Å². The average molecular weight is 832 g/mol. The van der Waals surface area contributed by atoms with E-state index in [0.717, 1.165) is 17.1 Å². The van der Waals surface area contributed by atoms with E-state index in [4.69, 9.17) is 0 Å². The number of benzene rings is 10. The molecule has 0 saturated heterocycles. The van der Waals surface area contributed by atoms with E-state index < -0.39 is 8.07 Å². The Morgan fingerprint density at radius 2 is 0.594 bits per heavy atom. The Balaban J connectivity index is 1.18. The third kappa shape index (κ3) is 5.21. The maximum atomic E-state index is 2.55. The lowest BCUT2D eigenvalue weighted by molar-refractivity contribution is 1.11. The summed E-state index contributed by atoms with van der Waals surface area (Å²) in [6.07, 6.45) is 0. The van der Waals surface area contributed by atoms with Crippen molar-refractivity contribution in [2.24, 2.45) is 0 Å². The van der Waals surface area contributed by atoms with Gasteiger partial charge in [0.15, 0.2) is 8.07 Å². The van der Waals surface area contributed by atoms with Crippen LogP contribution in [0.5, 0.6) is 0 Å². The molecular formula is C60H41N3Si. The Bertz CT molecular complexity index is 3730. The minimum atomic E-state index is -2.84. The molecular weight excluding hydrogens is 791 g/mol. The molecule has 0 unspecified atom stereocenters. The molecule has 10 aromatic carbocycles. The fourth-order valence-electron chi connectivity index (χ4n) is 11.0. The third-order valence-corrected chi connectivity index (χ3v) is 18.3. The van der Waals surface area contributed by atoms with Crippen molar-refractivity contribution in [1.29, 1.82) is 0 Å². The van der Waals surface area contributed by atoms with Gasteiger partial charge in [-0.2, -0.15) is 0 Å². The van der Waals surface area contributed by atoms with Crippen LogP contribution >= 0.6 is 0 Å². The van der Waals surface area contributed by atoms with E-state index in [1.807, 2.05) is 0 Å². The zero-order chi connectivity index (χ0) is 42.2. The Kier molecular flexibility index (Phi) is 8.23. The molecule has 300 valence electrons. The number of hydrogen-bond donors (Lipinski definition) is 0. The molecule has 3 heterocycles. The molecule has 3 nitrogen and oxygen atoms in total. The quantitative estimate of drug-likeness (QED) is 0.112. The van der Waals surface area contributed by atoms with Crippen LogP contribution < -0.4 is 20.7 Å². The highest BCUT2D eigenvalue weighted by Gasteiger charge is 2.41. The first-order chi connectivity index (χ1) is 31.8. The SMILES string of the molecule is c1ccc(-n2c3c(-n4c5ccccc5c5ccccc54)cccc3c3cccc(-n4c5ccccc5c5ccc([Si](c6ccccc6)(c6ccccc6)c6ccccc6)cc54)c32)cc1. The van der Waals surface area contributed by atoms with Gasteiger partial charge in [-0.3, -0.25) is 0 Å².